The van der Waals surface area contributed by atoms with E-state index in [-0.39, 0.29) is 28.8 Å². The second-order valence-corrected chi connectivity index (χ2v) is 6.95. The maximum absolute atomic E-state index is 12.6. The number of rotatable bonds is 5. The second-order valence-electron chi connectivity index (χ2n) is 6.95. The van der Waals surface area contributed by atoms with Gasteiger partial charge in [-0.3, -0.25) is 25.1 Å². The van der Waals surface area contributed by atoms with Crippen molar-refractivity contribution in [3.05, 3.63) is 99.1 Å². The maximum atomic E-state index is 12.6. The number of benzene rings is 3. The van der Waals surface area contributed by atoms with Crippen LogP contribution in [-0.2, 0) is 0 Å². The minimum absolute atomic E-state index is 0.149. The number of anilines is 2. The standard InChI is InChI=1S/C23H15N5O4/c1-14(25-26-20-11-6-15(13-24)12-21(20)28(31)32)16-7-9-17(10-8-16)27-22(29)18-4-2-3-5-19(18)23(27)30/h2-12,26H,1H3/b25-14+. The van der Waals surface area contributed by atoms with Gasteiger partial charge in [-0.05, 0) is 48.9 Å². The van der Waals surface area contributed by atoms with Gasteiger partial charge < -0.3 is 0 Å². The molecule has 0 saturated carbocycles. The van der Waals surface area contributed by atoms with Gasteiger partial charge in [0.15, 0.2) is 0 Å². The predicted octanol–water partition coefficient (Wildman–Crippen LogP) is 4.10. The Bertz CT molecular complexity index is 1300. The molecule has 156 valence electrons. The molecule has 1 N–H and O–H groups in total. The van der Waals surface area contributed by atoms with Gasteiger partial charge in [-0.1, -0.05) is 24.3 Å². The van der Waals surface area contributed by atoms with Crippen molar-refractivity contribution in [2.45, 2.75) is 6.92 Å². The molecule has 3 aromatic carbocycles. The van der Waals surface area contributed by atoms with Crippen molar-refractivity contribution in [1.82, 2.24) is 0 Å². The molecule has 0 spiro atoms. The molecular formula is C23H15N5O4. The minimum atomic E-state index is -0.592. The first-order valence-electron chi connectivity index (χ1n) is 9.48. The number of nitrogens with one attached hydrogen (secondary N) is 1. The molecule has 0 radical (unpaired) electrons. The molecule has 2 amide bonds. The van der Waals surface area contributed by atoms with E-state index in [4.69, 9.17) is 5.26 Å². The zero-order valence-electron chi connectivity index (χ0n) is 16.8. The third kappa shape index (κ3) is 3.57. The van der Waals surface area contributed by atoms with E-state index in [9.17, 15) is 19.7 Å². The summed E-state index contributed by atoms with van der Waals surface area (Å²) in [6.45, 7) is 1.71. The lowest BCUT2D eigenvalue weighted by molar-refractivity contribution is -0.384. The lowest BCUT2D eigenvalue weighted by Crippen LogP contribution is -2.29. The fourth-order valence-corrected chi connectivity index (χ4v) is 3.33. The first-order valence-corrected chi connectivity index (χ1v) is 9.48. The van der Waals surface area contributed by atoms with Crippen molar-refractivity contribution in [3.8, 4) is 6.07 Å². The number of carbonyl (C=O) groups is 2. The molecule has 9 heteroatoms. The SMILES string of the molecule is C/C(=N\Nc1ccc(C#N)cc1[N+](=O)[O-])c1ccc(N2C(=O)c3ccccc3C2=O)cc1. The highest BCUT2D eigenvalue weighted by atomic mass is 16.6. The topological polar surface area (TPSA) is 129 Å². The number of hydrogen-bond donors (Lipinski definition) is 1. The predicted molar refractivity (Wildman–Crippen MR) is 118 cm³/mol. The quantitative estimate of drug-likeness (QED) is 0.284. The number of nitro groups is 1. The molecule has 0 unspecified atom stereocenters. The molecule has 9 nitrogen and oxygen atoms in total. The summed E-state index contributed by atoms with van der Waals surface area (Å²) in [4.78, 5) is 37.0. The van der Waals surface area contributed by atoms with Crippen LogP contribution in [0.25, 0.3) is 0 Å². The van der Waals surface area contributed by atoms with Crippen molar-refractivity contribution in [3.63, 3.8) is 0 Å². The van der Waals surface area contributed by atoms with Crippen LogP contribution in [-0.4, -0.2) is 22.4 Å². The van der Waals surface area contributed by atoms with E-state index >= 15 is 0 Å². The molecular weight excluding hydrogens is 410 g/mol. The highest BCUT2D eigenvalue weighted by Gasteiger charge is 2.36. The average molecular weight is 425 g/mol. The number of nitriles is 1. The van der Waals surface area contributed by atoms with Crippen molar-refractivity contribution in [2.24, 2.45) is 5.10 Å². The highest BCUT2D eigenvalue weighted by Crippen LogP contribution is 2.29. The Hall–Kier alpha value is -4.84. The largest absolute Gasteiger partial charge is 0.295 e. The number of amides is 2. The van der Waals surface area contributed by atoms with Gasteiger partial charge in [0.25, 0.3) is 17.5 Å². The van der Waals surface area contributed by atoms with Gasteiger partial charge in [-0.25, -0.2) is 4.90 Å². The van der Waals surface area contributed by atoms with Crippen molar-refractivity contribution >= 4 is 34.6 Å². The Morgan fingerprint density at radius 1 is 1.03 bits per heavy atom. The normalized spacial score (nSPS) is 13.0. The zero-order chi connectivity index (χ0) is 22.8. The molecule has 0 atom stereocenters. The third-order valence-electron chi connectivity index (χ3n) is 5.00. The molecule has 4 rings (SSSR count). The molecule has 0 bridgehead atoms. The Morgan fingerprint density at radius 3 is 2.22 bits per heavy atom. The summed E-state index contributed by atoms with van der Waals surface area (Å²) >= 11 is 0. The van der Waals surface area contributed by atoms with E-state index in [0.29, 0.717) is 28.1 Å². The molecule has 0 saturated heterocycles. The summed E-state index contributed by atoms with van der Waals surface area (Å²) < 4.78 is 0. The van der Waals surface area contributed by atoms with Gasteiger partial charge in [-0.15, -0.1) is 0 Å². The minimum Gasteiger partial charge on any atom is -0.271 e. The Morgan fingerprint density at radius 2 is 1.66 bits per heavy atom. The number of hydrogen-bond acceptors (Lipinski definition) is 7. The summed E-state index contributed by atoms with van der Waals surface area (Å²) in [6.07, 6.45) is 0. The van der Waals surface area contributed by atoms with Gasteiger partial charge in [0.2, 0.25) is 0 Å². The van der Waals surface area contributed by atoms with E-state index < -0.39 is 4.92 Å². The van der Waals surface area contributed by atoms with Crippen molar-refractivity contribution in [2.75, 3.05) is 10.3 Å². The summed E-state index contributed by atoms with van der Waals surface area (Å²) in [5.74, 6) is -0.753. The van der Waals surface area contributed by atoms with E-state index in [1.807, 2.05) is 6.07 Å². The molecule has 1 aliphatic heterocycles. The first kappa shape index (κ1) is 20.4. The third-order valence-corrected chi connectivity index (χ3v) is 5.00. The monoisotopic (exact) mass is 425 g/mol. The molecule has 0 aliphatic carbocycles. The molecule has 0 fully saturated rings. The molecule has 1 aliphatic rings. The fraction of sp³-hybridized carbons (Fsp3) is 0.0435. The number of imide groups is 1. The highest BCUT2D eigenvalue weighted by molar-refractivity contribution is 6.34. The molecule has 3 aromatic rings. The summed E-state index contributed by atoms with van der Waals surface area (Å²) in [5.41, 5.74) is 5.10. The van der Waals surface area contributed by atoms with Crippen molar-refractivity contribution in [1.29, 1.82) is 5.26 Å². The Labute approximate surface area is 182 Å². The van der Waals surface area contributed by atoms with Crippen LogP contribution in [0.4, 0.5) is 17.1 Å². The van der Waals surface area contributed by atoms with Crippen LogP contribution >= 0.6 is 0 Å². The molecule has 32 heavy (non-hydrogen) atoms. The van der Waals surface area contributed by atoms with Gasteiger partial charge >= 0.3 is 0 Å². The lowest BCUT2D eigenvalue weighted by atomic mass is 10.1. The molecule has 0 aromatic heterocycles. The Balaban J connectivity index is 1.55. The van der Waals surface area contributed by atoms with Crippen molar-refractivity contribution < 1.29 is 14.5 Å². The van der Waals surface area contributed by atoms with Crippen LogP contribution in [0.1, 0.15) is 38.8 Å². The van der Waals surface area contributed by atoms with Gasteiger partial charge in [-0.2, -0.15) is 10.4 Å². The van der Waals surface area contributed by atoms with E-state index in [1.54, 1.807) is 55.5 Å². The van der Waals surface area contributed by atoms with Gasteiger partial charge in [0.05, 0.1) is 39.1 Å². The number of carbonyl (C=O) groups excluding carboxylic acids is 2. The van der Waals surface area contributed by atoms with Crippen LogP contribution in [0, 0.1) is 21.4 Å². The lowest BCUT2D eigenvalue weighted by Gasteiger charge is -2.14. The van der Waals surface area contributed by atoms with Crippen LogP contribution in [0.15, 0.2) is 71.8 Å². The van der Waals surface area contributed by atoms with Crippen LogP contribution < -0.4 is 10.3 Å². The number of fused-ring (bicyclic) bond motifs is 1. The summed E-state index contributed by atoms with van der Waals surface area (Å²) in [7, 11) is 0. The first-order chi connectivity index (χ1) is 15.4. The average Bonchev–Trinajstić information content (AvgIpc) is 3.07. The molecule has 1 heterocycles. The summed E-state index contributed by atoms with van der Waals surface area (Å²) in [6, 6.07) is 19.2. The Kier molecular flexibility index (Phi) is 5.18. The zero-order valence-corrected chi connectivity index (χ0v) is 16.8. The van der Waals surface area contributed by atoms with Crippen LogP contribution in [0.5, 0.6) is 0 Å². The van der Waals surface area contributed by atoms with E-state index in [0.717, 1.165) is 4.90 Å². The fourth-order valence-electron chi connectivity index (χ4n) is 3.33. The van der Waals surface area contributed by atoms with E-state index in [2.05, 4.69) is 10.5 Å². The van der Waals surface area contributed by atoms with Crippen LogP contribution in [0.3, 0.4) is 0 Å². The maximum Gasteiger partial charge on any atom is 0.295 e. The summed E-state index contributed by atoms with van der Waals surface area (Å²) in [5, 5.41) is 24.4. The second kappa shape index (κ2) is 8.12. The number of hydrazone groups is 1. The van der Waals surface area contributed by atoms with E-state index in [1.165, 1.54) is 18.2 Å². The van der Waals surface area contributed by atoms with Gasteiger partial charge in [0, 0.05) is 6.07 Å². The van der Waals surface area contributed by atoms with Gasteiger partial charge in [0.1, 0.15) is 5.69 Å². The smallest absolute Gasteiger partial charge is 0.271 e. The van der Waals surface area contributed by atoms with Crippen LogP contribution in [0.2, 0.25) is 0 Å². The number of nitrogens with zero attached hydrogens (tertiary/aromatic N) is 4. The number of nitro benzene ring substituents is 1.